The van der Waals surface area contributed by atoms with E-state index < -0.39 is 10.0 Å². The summed E-state index contributed by atoms with van der Waals surface area (Å²) < 4.78 is 42.3. The molecule has 0 atom stereocenters. The van der Waals surface area contributed by atoms with Crippen LogP contribution < -0.4 is 24.4 Å². The highest BCUT2D eigenvalue weighted by Crippen LogP contribution is 2.32. The van der Waals surface area contributed by atoms with E-state index in [-0.39, 0.29) is 25.0 Å². The normalized spacial score (nSPS) is 17.2. The molecule has 0 radical (unpaired) electrons. The summed E-state index contributed by atoms with van der Waals surface area (Å²) in [5, 5.41) is 2.61. The van der Waals surface area contributed by atoms with Gasteiger partial charge in [0.15, 0.2) is 11.5 Å². The van der Waals surface area contributed by atoms with E-state index in [0.717, 1.165) is 19.6 Å². The van der Waals surface area contributed by atoms with Gasteiger partial charge in [-0.2, -0.15) is 0 Å². The quantitative estimate of drug-likeness (QED) is 0.476. The first-order chi connectivity index (χ1) is 12.5. The number of hydrogen-bond acceptors (Lipinski definition) is 6. The second-order valence-electron chi connectivity index (χ2n) is 6.15. The van der Waals surface area contributed by atoms with Crippen molar-refractivity contribution in [2.75, 3.05) is 58.5 Å². The van der Waals surface area contributed by atoms with Gasteiger partial charge in [0.1, 0.15) is 13.1 Å². The molecule has 9 nitrogen and oxygen atoms in total. The van der Waals surface area contributed by atoms with Gasteiger partial charge in [0.2, 0.25) is 16.8 Å². The van der Waals surface area contributed by atoms with Crippen molar-refractivity contribution in [2.24, 2.45) is 0 Å². The molecule has 0 unspecified atom stereocenters. The van der Waals surface area contributed by atoms with Crippen LogP contribution in [0, 0.1) is 0 Å². The number of morpholine rings is 1. The molecule has 10 heteroatoms. The average Bonchev–Trinajstić information content (AvgIpc) is 3.10. The van der Waals surface area contributed by atoms with Crippen molar-refractivity contribution in [1.82, 2.24) is 10.0 Å². The van der Waals surface area contributed by atoms with Crippen LogP contribution in [0.5, 0.6) is 11.5 Å². The molecular weight excluding hydrogens is 362 g/mol. The lowest BCUT2D eigenvalue weighted by Gasteiger charge is -2.23. The monoisotopic (exact) mass is 386 g/mol. The molecule has 1 aromatic rings. The number of sulfonamides is 1. The second kappa shape index (κ2) is 8.67. The van der Waals surface area contributed by atoms with Gasteiger partial charge in [0.05, 0.1) is 32.1 Å². The number of amides is 1. The molecule has 1 fully saturated rings. The van der Waals surface area contributed by atoms with Crippen LogP contribution in [0.1, 0.15) is 10.4 Å². The van der Waals surface area contributed by atoms with Crippen molar-refractivity contribution in [3.05, 3.63) is 23.8 Å². The SMILES string of the molecule is O=C(NCCS(=O)(=O)NCC[NH+]1CCOCC1)c1ccc2c(c1)OCO2. The minimum Gasteiger partial charge on any atom is -0.454 e. The molecule has 3 rings (SSSR count). The van der Waals surface area contributed by atoms with Crippen LogP contribution in [0.3, 0.4) is 0 Å². The maximum atomic E-state index is 12.1. The van der Waals surface area contributed by atoms with E-state index in [1.165, 1.54) is 4.90 Å². The predicted molar refractivity (Wildman–Crippen MR) is 93.1 cm³/mol. The van der Waals surface area contributed by atoms with Crippen molar-refractivity contribution in [1.29, 1.82) is 0 Å². The Morgan fingerprint density at radius 2 is 1.88 bits per heavy atom. The molecule has 2 heterocycles. The van der Waals surface area contributed by atoms with Gasteiger partial charge in [-0.25, -0.2) is 13.1 Å². The van der Waals surface area contributed by atoms with Gasteiger partial charge in [-0.05, 0) is 18.2 Å². The Hall–Kier alpha value is -1.88. The number of carbonyl (C=O) groups is 1. The first kappa shape index (κ1) is 18.9. The number of quaternary nitrogens is 1. The van der Waals surface area contributed by atoms with E-state index in [2.05, 4.69) is 10.0 Å². The minimum atomic E-state index is -3.42. The van der Waals surface area contributed by atoms with Crippen LogP contribution in [0.15, 0.2) is 18.2 Å². The van der Waals surface area contributed by atoms with E-state index >= 15 is 0 Å². The fraction of sp³-hybridized carbons (Fsp3) is 0.562. The highest BCUT2D eigenvalue weighted by Gasteiger charge is 2.18. The summed E-state index contributed by atoms with van der Waals surface area (Å²) in [6, 6.07) is 4.85. The third-order valence-corrected chi connectivity index (χ3v) is 5.68. The predicted octanol–water partition coefficient (Wildman–Crippen LogP) is -2.02. The Bertz CT molecular complexity index is 734. The molecule has 0 saturated carbocycles. The summed E-state index contributed by atoms with van der Waals surface area (Å²) in [5.41, 5.74) is 0.399. The lowest BCUT2D eigenvalue weighted by Crippen LogP contribution is -3.14. The largest absolute Gasteiger partial charge is 0.454 e. The first-order valence-electron chi connectivity index (χ1n) is 8.60. The zero-order valence-electron chi connectivity index (χ0n) is 14.5. The number of benzene rings is 1. The van der Waals surface area contributed by atoms with Crippen LogP contribution in [-0.2, 0) is 14.8 Å². The topological polar surface area (TPSA) is 107 Å². The standard InChI is InChI=1S/C16H23N3O6S/c20-16(13-1-2-14-15(11-13)25-12-24-14)17-4-10-26(21,22)18-3-5-19-6-8-23-9-7-19/h1-2,11,18H,3-10,12H2,(H,17,20)/p+1. The van der Waals surface area contributed by atoms with Gasteiger partial charge < -0.3 is 24.4 Å². The molecule has 26 heavy (non-hydrogen) atoms. The van der Waals surface area contributed by atoms with E-state index in [1.54, 1.807) is 18.2 Å². The third-order valence-electron chi connectivity index (χ3n) is 4.29. The summed E-state index contributed by atoms with van der Waals surface area (Å²) in [7, 11) is -3.42. The van der Waals surface area contributed by atoms with E-state index in [0.29, 0.717) is 36.8 Å². The summed E-state index contributed by atoms with van der Waals surface area (Å²) in [6.07, 6.45) is 0. The Balaban J connectivity index is 1.38. The molecule has 0 bridgehead atoms. The van der Waals surface area contributed by atoms with Crippen LogP contribution >= 0.6 is 0 Å². The molecule has 1 amide bonds. The minimum absolute atomic E-state index is 0.0347. The first-order valence-corrected chi connectivity index (χ1v) is 10.3. The second-order valence-corrected chi connectivity index (χ2v) is 8.08. The highest BCUT2D eigenvalue weighted by atomic mass is 32.2. The average molecular weight is 386 g/mol. The van der Waals surface area contributed by atoms with Crippen molar-refractivity contribution in [2.45, 2.75) is 0 Å². The van der Waals surface area contributed by atoms with Crippen LogP contribution in [0.4, 0.5) is 0 Å². The number of nitrogens with one attached hydrogen (secondary N) is 3. The maximum absolute atomic E-state index is 12.1. The van der Waals surface area contributed by atoms with Crippen LogP contribution in [-0.4, -0.2) is 72.8 Å². The lowest BCUT2D eigenvalue weighted by molar-refractivity contribution is -0.906. The zero-order chi connectivity index (χ0) is 18.4. The fourth-order valence-electron chi connectivity index (χ4n) is 2.80. The summed E-state index contributed by atoms with van der Waals surface area (Å²) >= 11 is 0. The number of rotatable bonds is 8. The van der Waals surface area contributed by atoms with Crippen LogP contribution in [0.2, 0.25) is 0 Å². The van der Waals surface area contributed by atoms with E-state index in [9.17, 15) is 13.2 Å². The summed E-state index contributed by atoms with van der Waals surface area (Å²) in [4.78, 5) is 13.4. The van der Waals surface area contributed by atoms with Gasteiger partial charge in [-0.1, -0.05) is 0 Å². The van der Waals surface area contributed by atoms with Gasteiger partial charge in [0.25, 0.3) is 5.91 Å². The van der Waals surface area contributed by atoms with Gasteiger partial charge in [-0.3, -0.25) is 4.79 Å². The Labute approximate surface area is 152 Å². The van der Waals surface area contributed by atoms with E-state index in [1.807, 2.05) is 0 Å². The maximum Gasteiger partial charge on any atom is 0.251 e. The molecule has 1 saturated heterocycles. The smallest absolute Gasteiger partial charge is 0.251 e. The Morgan fingerprint density at radius 1 is 1.12 bits per heavy atom. The highest BCUT2D eigenvalue weighted by molar-refractivity contribution is 7.89. The molecule has 0 spiro atoms. The van der Waals surface area contributed by atoms with Crippen molar-refractivity contribution in [3.8, 4) is 11.5 Å². The van der Waals surface area contributed by atoms with Crippen molar-refractivity contribution < 1.29 is 32.3 Å². The van der Waals surface area contributed by atoms with Gasteiger partial charge >= 0.3 is 0 Å². The zero-order valence-corrected chi connectivity index (χ0v) is 15.3. The van der Waals surface area contributed by atoms with Crippen molar-refractivity contribution >= 4 is 15.9 Å². The van der Waals surface area contributed by atoms with E-state index in [4.69, 9.17) is 14.2 Å². The van der Waals surface area contributed by atoms with Crippen molar-refractivity contribution in [3.63, 3.8) is 0 Å². The summed E-state index contributed by atoms with van der Waals surface area (Å²) in [5.74, 6) is 0.589. The Kier molecular flexibility index (Phi) is 6.30. The molecular formula is C16H24N3O6S+. The number of ether oxygens (including phenoxy) is 3. The molecule has 0 aromatic heterocycles. The molecule has 2 aliphatic heterocycles. The fourth-order valence-corrected chi connectivity index (χ4v) is 3.73. The van der Waals surface area contributed by atoms with Gasteiger partial charge in [0, 0.05) is 12.1 Å². The number of fused-ring (bicyclic) bond motifs is 1. The van der Waals surface area contributed by atoms with Gasteiger partial charge in [-0.15, -0.1) is 0 Å². The molecule has 1 aromatic carbocycles. The molecule has 144 valence electrons. The number of hydrogen-bond donors (Lipinski definition) is 3. The molecule has 2 aliphatic rings. The number of carbonyl (C=O) groups excluding carboxylic acids is 1. The third kappa shape index (κ3) is 5.31. The molecule has 0 aliphatic carbocycles. The summed E-state index contributed by atoms with van der Waals surface area (Å²) in [6.45, 7) is 4.51. The molecule has 3 N–H and O–H groups in total. The Morgan fingerprint density at radius 3 is 2.69 bits per heavy atom. The van der Waals surface area contributed by atoms with Crippen LogP contribution in [0.25, 0.3) is 0 Å². The lowest BCUT2D eigenvalue weighted by atomic mass is 10.2.